The second-order valence-electron chi connectivity index (χ2n) is 7.19. The summed E-state index contributed by atoms with van der Waals surface area (Å²) in [5.74, 6) is 0.966. The Morgan fingerprint density at radius 3 is 2.28 bits per heavy atom. The van der Waals surface area contributed by atoms with Crippen molar-refractivity contribution < 1.29 is 4.79 Å². The molecule has 0 aliphatic carbocycles. The van der Waals surface area contributed by atoms with Crippen molar-refractivity contribution in [3.63, 3.8) is 0 Å². The lowest BCUT2D eigenvalue weighted by Crippen LogP contribution is -2.27. The molecule has 0 saturated carbocycles. The van der Waals surface area contributed by atoms with Crippen molar-refractivity contribution in [2.45, 2.75) is 11.7 Å². The van der Waals surface area contributed by atoms with E-state index in [0.29, 0.717) is 17.3 Å². The van der Waals surface area contributed by atoms with Crippen LogP contribution in [0, 0.1) is 11.3 Å². The van der Waals surface area contributed by atoms with Crippen molar-refractivity contribution >= 4 is 17.7 Å². The second kappa shape index (κ2) is 9.94. The first-order valence-corrected chi connectivity index (χ1v) is 11.1. The number of nitrogens with zero attached hydrogens (tertiary/aromatic N) is 5. The Bertz CT molecular complexity index is 1230. The Balaban J connectivity index is 1.51. The number of rotatable bonds is 7. The topological polar surface area (TPSA) is 74.8 Å². The van der Waals surface area contributed by atoms with E-state index in [1.54, 1.807) is 24.1 Å². The van der Waals surface area contributed by atoms with Gasteiger partial charge < -0.3 is 4.90 Å². The van der Waals surface area contributed by atoms with Gasteiger partial charge in [-0.2, -0.15) is 5.26 Å². The quantitative estimate of drug-likeness (QED) is 0.395. The summed E-state index contributed by atoms with van der Waals surface area (Å²) in [7, 11) is 1.78. The molecule has 4 rings (SSSR count). The SMILES string of the molecule is CN(Cc1ccc(C#N)cc1)C(=O)CSc1nnc(-c2ccccc2)n1-c1ccccc1. The monoisotopic (exact) mass is 439 g/mol. The molecule has 158 valence electrons. The summed E-state index contributed by atoms with van der Waals surface area (Å²) in [6.45, 7) is 0.478. The Morgan fingerprint density at radius 1 is 0.969 bits per heavy atom. The van der Waals surface area contributed by atoms with Gasteiger partial charge in [0.25, 0.3) is 0 Å². The molecule has 1 aromatic heterocycles. The maximum Gasteiger partial charge on any atom is 0.233 e. The fourth-order valence-corrected chi connectivity index (χ4v) is 4.12. The maximum atomic E-state index is 12.8. The highest BCUT2D eigenvalue weighted by molar-refractivity contribution is 7.99. The molecule has 4 aromatic rings. The van der Waals surface area contributed by atoms with Crippen LogP contribution in [0.3, 0.4) is 0 Å². The number of nitriles is 1. The van der Waals surface area contributed by atoms with Crippen molar-refractivity contribution in [3.05, 3.63) is 96.1 Å². The summed E-state index contributed by atoms with van der Waals surface area (Å²) in [5.41, 5.74) is 3.48. The third kappa shape index (κ3) is 4.88. The molecular formula is C25H21N5OS. The molecule has 0 atom stereocenters. The first-order valence-electron chi connectivity index (χ1n) is 10.1. The maximum absolute atomic E-state index is 12.8. The zero-order chi connectivity index (χ0) is 22.3. The average molecular weight is 440 g/mol. The summed E-state index contributed by atoms with van der Waals surface area (Å²) < 4.78 is 1.98. The molecule has 7 heteroatoms. The second-order valence-corrected chi connectivity index (χ2v) is 8.13. The number of thioether (sulfide) groups is 1. The molecule has 0 aliphatic rings. The molecule has 0 N–H and O–H groups in total. The van der Waals surface area contributed by atoms with E-state index in [0.717, 1.165) is 22.6 Å². The minimum absolute atomic E-state index is 0.0109. The van der Waals surface area contributed by atoms with Crippen LogP contribution in [0.25, 0.3) is 17.1 Å². The number of carbonyl (C=O) groups excluding carboxylic acids is 1. The Labute approximate surface area is 191 Å². The number of hydrogen-bond donors (Lipinski definition) is 0. The van der Waals surface area contributed by atoms with Gasteiger partial charge in [0.05, 0.1) is 17.4 Å². The zero-order valence-electron chi connectivity index (χ0n) is 17.5. The van der Waals surface area contributed by atoms with E-state index in [1.165, 1.54) is 11.8 Å². The fourth-order valence-electron chi connectivity index (χ4n) is 3.23. The summed E-state index contributed by atoms with van der Waals surface area (Å²) in [5, 5.41) is 18.4. The van der Waals surface area contributed by atoms with Crippen molar-refractivity contribution in [2.75, 3.05) is 12.8 Å². The zero-order valence-corrected chi connectivity index (χ0v) is 18.4. The first-order chi connectivity index (χ1) is 15.7. The van der Waals surface area contributed by atoms with E-state index in [2.05, 4.69) is 16.3 Å². The van der Waals surface area contributed by atoms with Gasteiger partial charge in [-0.25, -0.2) is 0 Å². The van der Waals surface area contributed by atoms with Crippen molar-refractivity contribution in [3.8, 4) is 23.1 Å². The predicted molar refractivity (Wildman–Crippen MR) is 125 cm³/mol. The van der Waals surface area contributed by atoms with Gasteiger partial charge in [0.2, 0.25) is 5.91 Å². The molecule has 32 heavy (non-hydrogen) atoms. The molecule has 1 amide bonds. The number of hydrogen-bond acceptors (Lipinski definition) is 5. The van der Waals surface area contributed by atoms with Gasteiger partial charge in [0.1, 0.15) is 0 Å². The summed E-state index contributed by atoms with van der Waals surface area (Å²) in [6, 6.07) is 29.1. The lowest BCUT2D eigenvalue weighted by Gasteiger charge is -2.17. The summed E-state index contributed by atoms with van der Waals surface area (Å²) >= 11 is 1.37. The molecule has 6 nitrogen and oxygen atoms in total. The van der Waals surface area contributed by atoms with Crippen molar-refractivity contribution in [1.29, 1.82) is 5.26 Å². The highest BCUT2D eigenvalue weighted by Gasteiger charge is 2.18. The van der Waals surface area contributed by atoms with Crippen LogP contribution in [-0.4, -0.2) is 38.4 Å². The minimum atomic E-state index is -0.0109. The van der Waals surface area contributed by atoms with Gasteiger partial charge in [-0.05, 0) is 29.8 Å². The number of amides is 1. The highest BCUT2D eigenvalue weighted by atomic mass is 32.2. The van der Waals surface area contributed by atoms with Crippen LogP contribution in [0.2, 0.25) is 0 Å². The van der Waals surface area contributed by atoms with Gasteiger partial charge in [0.15, 0.2) is 11.0 Å². The number of benzene rings is 3. The molecule has 0 bridgehead atoms. The molecule has 3 aromatic carbocycles. The van der Waals surface area contributed by atoms with E-state index in [4.69, 9.17) is 5.26 Å². The smallest absolute Gasteiger partial charge is 0.233 e. The van der Waals surface area contributed by atoms with Gasteiger partial charge in [-0.3, -0.25) is 9.36 Å². The average Bonchev–Trinajstić information content (AvgIpc) is 3.28. The predicted octanol–water partition coefficient (Wildman–Crippen LogP) is 4.56. The lowest BCUT2D eigenvalue weighted by atomic mass is 10.1. The Hall–Kier alpha value is -3.89. The van der Waals surface area contributed by atoms with Crippen LogP contribution in [0.15, 0.2) is 90.1 Å². The van der Waals surface area contributed by atoms with E-state index in [1.807, 2.05) is 77.4 Å². The third-order valence-electron chi connectivity index (χ3n) is 4.93. The standard InChI is InChI=1S/C25H21N5OS/c1-29(17-20-14-12-19(16-26)13-15-20)23(31)18-32-25-28-27-24(21-8-4-2-5-9-21)30(25)22-10-6-3-7-11-22/h2-15H,17-18H2,1H3. The van der Waals surface area contributed by atoms with Gasteiger partial charge in [0, 0.05) is 24.8 Å². The van der Waals surface area contributed by atoms with Crippen molar-refractivity contribution in [2.24, 2.45) is 0 Å². The molecule has 0 saturated heterocycles. The molecule has 1 heterocycles. The van der Waals surface area contributed by atoms with Crippen LogP contribution in [-0.2, 0) is 11.3 Å². The normalized spacial score (nSPS) is 10.5. The van der Waals surface area contributed by atoms with Gasteiger partial charge in [-0.15, -0.1) is 10.2 Å². The summed E-state index contributed by atoms with van der Waals surface area (Å²) in [4.78, 5) is 14.4. The molecular weight excluding hydrogens is 418 g/mol. The number of para-hydroxylation sites is 1. The van der Waals surface area contributed by atoms with E-state index < -0.39 is 0 Å². The van der Waals surface area contributed by atoms with E-state index in [-0.39, 0.29) is 11.7 Å². The number of aromatic nitrogens is 3. The van der Waals surface area contributed by atoms with Crippen molar-refractivity contribution in [1.82, 2.24) is 19.7 Å². The Kier molecular flexibility index (Phi) is 6.63. The molecule has 0 aliphatic heterocycles. The summed E-state index contributed by atoms with van der Waals surface area (Å²) in [6.07, 6.45) is 0. The highest BCUT2D eigenvalue weighted by Crippen LogP contribution is 2.28. The lowest BCUT2D eigenvalue weighted by molar-refractivity contribution is -0.127. The Morgan fingerprint density at radius 2 is 1.62 bits per heavy atom. The first kappa shape index (κ1) is 21.3. The van der Waals surface area contributed by atoms with Gasteiger partial charge in [-0.1, -0.05) is 72.4 Å². The molecule has 0 unspecified atom stereocenters. The fraction of sp³-hybridized carbons (Fsp3) is 0.120. The third-order valence-corrected chi connectivity index (χ3v) is 5.85. The molecule has 0 radical (unpaired) electrons. The molecule has 0 fully saturated rings. The minimum Gasteiger partial charge on any atom is -0.341 e. The van der Waals surface area contributed by atoms with Crippen LogP contribution < -0.4 is 0 Å². The number of carbonyl (C=O) groups is 1. The van der Waals surface area contributed by atoms with Crippen LogP contribution >= 0.6 is 11.8 Å². The largest absolute Gasteiger partial charge is 0.341 e. The van der Waals surface area contributed by atoms with E-state index >= 15 is 0 Å². The van der Waals surface area contributed by atoms with Gasteiger partial charge >= 0.3 is 0 Å². The molecule has 0 spiro atoms. The van der Waals surface area contributed by atoms with Crippen LogP contribution in [0.4, 0.5) is 0 Å². The van der Waals surface area contributed by atoms with Crippen LogP contribution in [0.1, 0.15) is 11.1 Å². The van der Waals surface area contributed by atoms with E-state index in [9.17, 15) is 4.79 Å². The van der Waals surface area contributed by atoms with Crippen LogP contribution in [0.5, 0.6) is 0 Å².